The number of aryl methyl sites for hydroxylation is 2. The summed E-state index contributed by atoms with van der Waals surface area (Å²) in [4.78, 5) is 24.2. The summed E-state index contributed by atoms with van der Waals surface area (Å²) >= 11 is 1.61. The first-order valence-corrected chi connectivity index (χ1v) is 8.46. The Kier molecular flexibility index (Phi) is 4.32. The first-order valence-electron chi connectivity index (χ1n) is 7.65. The average Bonchev–Trinajstić information content (AvgIpc) is 2.91. The highest BCUT2D eigenvalue weighted by Gasteiger charge is 2.23. The van der Waals surface area contributed by atoms with Gasteiger partial charge in [-0.25, -0.2) is 14.4 Å². The SMILES string of the molecule is Cc1nc([C@@H](C)N(C)C(=O)c2ccc3cccc(F)c3n2)c(C)s1. The molecule has 0 aliphatic heterocycles. The minimum atomic E-state index is -0.427. The van der Waals surface area contributed by atoms with Crippen molar-refractivity contribution in [3.63, 3.8) is 0 Å². The number of nitrogens with zero attached hydrogens (tertiary/aromatic N) is 3. The maximum absolute atomic E-state index is 13.9. The minimum Gasteiger partial charge on any atom is -0.332 e. The number of amides is 1. The molecule has 0 aliphatic rings. The molecule has 0 saturated carbocycles. The van der Waals surface area contributed by atoms with Crippen LogP contribution in [0.3, 0.4) is 0 Å². The van der Waals surface area contributed by atoms with Crippen molar-refractivity contribution in [3.05, 3.63) is 57.4 Å². The fourth-order valence-corrected chi connectivity index (χ4v) is 3.61. The van der Waals surface area contributed by atoms with Crippen molar-refractivity contribution in [2.75, 3.05) is 7.05 Å². The second kappa shape index (κ2) is 6.28. The molecule has 2 aromatic heterocycles. The third-order valence-corrected chi connectivity index (χ3v) is 5.03. The van der Waals surface area contributed by atoms with Gasteiger partial charge in [0.25, 0.3) is 5.91 Å². The van der Waals surface area contributed by atoms with Gasteiger partial charge >= 0.3 is 0 Å². The summed E-state index contributed by atoms with van der Waals surface area (Å²) in [5.74, 6) is -0.679. The van der Waals surface area contributed by atoms with Crippen molar-refractivity contribution < 1.29 is 9.18 Å². The Hall–Kier alpha value is -2.34. The van der Waals surface area contributed by atoms with Gasteiger partial charge in [0.15, 0.2) is 0 Å². The Morgan fingerprint density at radius 3 is 2.62 bits per heavy atom. The van der Waals surface area contributed by atoms with Gasteiger partial charge in [0.05, 0.1) is 16.7 Å². The van der Waals surface area contributed by atoms with Crippen molar-refractivity contribution in [2.45, 2.75) is 26.8 Å². The molecule has 24 heavy (non-hydrogen) atoms. The van der Waals surface area contributed by atoms with E-state index in [1.165, 1.54) is 6.07 Å². The predicted octanol–water partition coefficient (Wildman–Crippen LogP) is 4.28. The molecular weight excluding hydrogens is 325 g/mol. The fraction of sp³-hybridized carbons (Fsp3) is 0.278. The van der Waals surface area contributed by atoms with Crippen LogP contribution in [0.2, 0.25) is 0 Å². The van der Waals surface area contributed by atoms with E-state index in [1.807, 2.05) is 20.8 Å². The summed E-state index contributed by atoms with van der Waals surface area (Å²) in [6.07, 6.45) is 0. The molecule has 0 saturated heterocycles. The highest BCUT2D eigenvalue weighted by atomic mass is 32.1. The molecule has 0 unspecified atom stereocenters. The summed E-state index contributed by atoms with van der Waals surface area (Å²) in [5, 5.41) is 1.65. The van der Waals surface area contributed by atoms with Crippen LogP contribution in [0.4, 0.5) is 4.39 Å². The Bertz CT molecular complexity index is 922. The Labute approximate surface area is 144 Å². The number of aromatic nitrogens is 2. The zero-order valence-electron chi connectivity index (χ0n) is 14.0. The van der Waals surface area contributed by atoms with Crippen molar-refractivity contribution in [1.82, 2.24) is 14.9 Å². The molecule has 4 nitrogen and oxygen atoms in total. The normalized spacial score (nSPS) is 12.4. The number of para-hydroxylation sites is 1. The van der Waals surface area contributed by atoms with E-state index in [-0.39, 0.29) is 23.2 Å². The van der Waals surface area contributed by atoms with Gasteiger partial charge in [0, 0.05) is 17.3 Å². The monoisotopic (exact) mass is 343 g/mol. The maximum atomic E-state index is 13.9. The van der Waals surface area contributed by atoms with E-state index in [4.69, 9.17) is 0 Å². The van der Waals surface area contributed by atoms with Crippen LogP contribution in [0.1, 0.15) is 39.0 Å². The largest absolute Gasteiger partial charge is 0.332 e. The number of pyridine rings is 1. The number of hydrogen-bond donors (Lipinski definition) is 0. The third kappa shape index (κ3) is 2.89. The zero-order valence-corrected chi connectivity index (χ0v) is 14.8. The van der Waals surface area contributed by atoms with Gasteiger partial charge in [0.1, 0.15) is 17.0 Å². The van der Waals surface area contributed by atoms with Crippen molar-refractivity contribution >= 4 is 28.1 Å². The molecule has 3 rings (SSSR count). The Morgan fingerprint density at radius 1 is 1.21 bits per heavy atom. The van der Waals surface area contributed by atoms with Crippen LogP contribution in [0, 0.1) is 19.7 Å². The summed E-state index contributed by atoms with van der Waals surface area (Å²) in [7, 11) is 1.72. The molecule has 1 aromatic carbocycles. The van der Waals surface area contributed by atoms with Crippen LogP contribution in [0.15, 0.2) is 30.3 Å². The quantitative estimate of drug-likeness (QED) is 0.713. The van der Waals surface area contributed by atoms with E-state index in [2.05, 4.69) is 9.97 Å². The molecule has 0 aliphatic carbocycles. The van der Waals surface area contributed by atoms with Crippen LogP contribution >= 0.6 is 11.3 Å². The molecule has 1 amide bonds. The van der Waals surface area contributed by atoms with E-state index in [1.54, 1.807) is 47.5 Å². The van der Waals surface area contributed by atoms with Gasteiger partial charge in [0.2, 0.25) is 0 Å². The number of halogens is 1. The molecule has 124 valence electrons. The second-order valence-electron chi connectivity index (χ2n) is 5.77. The number of benzene rings is 1. The van der Waals surface area contributed by atoms with Crippen molar-refractivity contribution in [1.29, 1.82) is 0 Å². The van der Waals surface area contributed by atoms with E-state index in [9.17, 15) is 9.18 Å². The predicted molar refractivity (Wildman–Crippen MR) is 93.8 cm³/mol. The maximum Gasteiger partial charge on any atom is 0.272 e. The first kappa shape index (κ1) is 16.5. The molecule has 1 atom stereocenters. The summed E-state index contributed by atoms with van der Waals surface area (Å²) in [6.45, 7) is 5.88. The van der Waals surface area contributed by atoms with E-state index in [0.717, 1.165) is 15.6 Å². The summed E-state index contributed by atoms with van der Waals surface area (Å²) in [6, 6.07) is 7.91. The summed E-state index contributed by atoms with van der Waals surface area (Å²) in [5.41, 5.74) is 1.33. The van der Waals surface area contributed by atoms with Gasteiger partial charge in [-0.1, -0.05) is 18.2 Å². The van der Waals surface area contributed by atoms with E-state index < -0.39 is 5.82 Å². The Balaban J connectivity index is 1.93. The number of rotatable bonds is 3. The second-order valence-corrected chi connectivity index (χ2v) is 7.18. The number of carbonyl (C=O) groups is 1. The molecule has 3 aromatic rings. The lowest BCUT2D eigenvalue weighted by Crippen LogP contribution is -2.30. The van der Waals surface area contributed by atoms with Crippen LogP contribution in [0.5, 0.6) is 0 Å². The van der Waals surface area contributed by atoms with Gasteiger partial charge in [-0.05, 0) is 32.9 Å². The highest BCUT2D eigenvalue weighted by molar-refractivity contribution is 7.11. The zero-order chi connectivity index (χ0) is 17.4. The molecule has 0 spiro atoms. The molecule has 6 heteroatoms. The molecule has 0 bridgehead atoms. The highest BCUT2D eigenvalue weighted by Crippen LogP contribution is 2.27. The smallest absolute Gasteiger partial charge is 0.272 e. The van der Waals surface area contributed by atoms with E-state index >= 15 is 0 Å². The number of carbonyl (C=O) groups excluding carboxylic acids is 1. The molecule has 0 fully saturated rings. The standard InChI is InChI=1S/C18H18FN3OS/c1-10(16-11(2)24-12(3)20-16)22(4)18(23)15-9-8-13-6-5-7-14(19)17(13)21-15/h5-10H,1-4H3/t10-/m1/s1. The molecular formula is C18H18FN3OS. The topological polar surface area (TPSA) is 46.1 Å². The van der Waals surface area contributed by atoms with E-state index in [0.29, 0.717) is 5.39 Å². The van der Waals surface area contributed by atoms with Crippen LogP contribution in [-0.2, 0) is 0 Å². The van der Waals surface area contributed by atoms with Crippen LogP contribution in [-0.4, -0.2) is 27.8 Å². The molecule has 0 radical (unpaired) electrons. The van der Waals surface area contributed by atoms with Gasteiger partial charge < -0.3 is 4.90 Å². The first-order chi connectivity index (χ1) is 11.4. The average molecular weight is 343 g/mol. The lowest BCUT2D eigenvalue weighted by molar-refractivity contribution is 0.0734. The fourth-order valence-electron chi connectivity index (χ4n) is 2.70. The summed E-state index contributed by atoms with van der Waals surface area (Å²) < 4.78 is 13.9. The van der Waals surface area contributed by atoms with Gasteiger partial charge in [-0.3, -0.25) is 4.79 Å². The minimum absolute atomic E-state index is 0.180. The molecule has 2 heterocycles. The van der Waals surface area contributed by atoms with Crippen LogP contribution in [0.25, 0.3) is 10.9 Å². The van der Waals surface area contributed by atoms with Crippen LogP contribution < -0.4 is 0 Å². The lowest BCUT2D eigenvalue weighted by atomic mass is 10.1. The third-order valence-electron chi connectivity index (χ3n) is 4.13. The molecule has 0 N–H and O–H groups in total. The van der Waals surface area contributed by atoms with Gasteiger partial charge in [-0.15, -0.1) is 11.3 Å². The van der Waals surface area contributed by atoms with Crippen molar-refractivity contribution in [2.24, 2.45) is 0 Å². The Morgan fingerprint density at radius 2 is 1.96 bits per heavy atom. The van der Waals surface area contributed by atoms with Crippen molar-refractivity contribution in [3.8, 4) is 0 Å². The lowest BCUT2D eigenvalue weighted by Gasteiger charge is -2.24. The number of hydrogen-bond acceptors (Lipinski definition) is 4. The number of thiazole rings is 1. The van der Waals surface area contributed by atoms with Gasteiger partial charge in [-0.2, -0.15) is 0 Å². The number of fused-ring (bicyclic) bond motifs is 1.